The minimum Gasteiger partial charge on any atom is -0.387 e. The van der Waals surface area contributed by atoms with Crippen LogP contribution in [-0.2, 0) is 4.79 Å². The molecule has 1 saturated carbocycles. The third-order valence-corrected chi connectivity index (χ3v) is 5.98. The van der Waals surface area contributed by atoms with Gasteiger partial charge in [0.25, 0.3) is 5.91 Å². The van der Waals surface area contributed by atoms with Crippen molar-refractivity contribution in [3.63, 3.8) is 0 Å². The molecule has 1 unspecified atom stereocenters. The van der Waals surface area contributed by atoms with E-state index >= 15 is 0 Å². The summed E-state index contributed by atoms with van der Waals surface area (Å²) in [6.45, 7) is 2.32. The molecule has 1 aliphatic rings. The number of aliphatic hydroxyl groups is 1. The summed E-state index contributed by atoms with van der Waals surface area (Å²) in [6.07, 6.45) is 3.46. The first-order valence-corrected chi connectivity index (χ1v) is 10.9. The lowest BCUT2D eigenvalue weighted by atomic mass is 9.81. The first-order chi connectivity index (χ1) is 16.2. The first-order valence-electron chi connectivity index (χ1n) is 10.9. The van der Waals surface area contributed by atoms with Gasteiger partial charge >= 0.3 is 0 Å². The lowest BCUT2D eigenvalue weighted by molar-refractivity contribution is -0.113. The molecule has 9 nitrogen and oxygen atoms in total. The van der Waals surface area contributed by atoms with Crippen LogP contribution in [0.1, 0.15) is 42.6 Å². The Morgan fingerprint density at radius 2 is 2.15 bits per heavy atom. The van der Waals surface area contributed by atoms with Crippen LogP contribution in [0.15, 0.2) is 36.7 Å². The third kappa shape index (κ3) is 4.75. The van der Waals surface area contributed by atoms with Crippen LogP contribution in [0.4, 0.5) is 10.1 Å². The van der Waals surface area contributed by atoms with Gasteiger partial charge in [0.15, 0.2) is 0 Å². The Morgan fingerprint density at radius 3 is 2.82 bits per heavy atom. The predicted octanol–water partition coefficient (Wildman–Crippen LogP) is 2.50. The molecule has 1 amide bonds. The largest absolute Gasteiger partial charge is 0.387 e. The first kappa shape index (κ1) is 23.3. The number of rotatable bonds is 8. The molecule has 34 heavy (non-hydrogen) atoms. The Labute approximate surface area is 195 Å². The van der Waals surface area contributed by atoms with Crippen molar-refractivity contribution in [2.45, 2.75) is 44.5 Å². The highest BCUT2D eigenvalue weighted by molar-refractivity contribution is 6.00. The van der Waals surface area contributed by atoms with Crippen molar-refractivity contribution in [1.29, 1.82) is 5.26 Å². The molecule has 3 heterocycles. The zero-order valence-electron chi connectivity index (χ0n) is 18.8. The minimum atomic E-state index is -1.64. The molecular formula is C24H25FN6O3. The van der Waals surface area contributed by atoms with Crippen LogP contribution in [0, 0.1) is 17.2 Å². The highest BCUT2D eigenvalue weighted by atomic mass is 19.1. The van der Waals surface area contributed by atoms with Gasteiger partial charge in [-0.2, -0.15) is 10.4 Å². The van der Waals surface area contributed by atoms with E-state index in [1.54, 1.807) is 16.6 Å². The molecule has 0 spiro atoms. The number of hydrogen-bond donors (Lipinski definition) is 3. The molecule has 0 saturated heterocycles. The van der Waals surface area contributed by atoms with Crippen LogP contribution >= 0.6 is 0 Å². The molecule has 176 valence electrons. The van der Waals surface area contributed by atoms with Crippen LogP contribution in [0.2, 0.25) is 0 Å². The zero-order chi connectivity index (χ0) is 24.5. The van der Waals surface area contributed by atoms with Gasteiger partial charge in [-0.15, -0.1) is 0 Å². The number of pyridine rings is 1. The zero-order valence-corrected chi connectivity index (χ0v) is 18.8. The lowest BCUT2D eigenvalue weighted by Crippen LogP contribution is -2.42. The Hall–Kier alpha value is -3.84. The highest BCUT2D eigenvalue weighted by Gasteiger charge is 2.30. The SMILES string of the molecule is CC(C)(O)C(F)CNC(=O)c1cnc(-c2ccc3cc(C#N)cnn23)cc1NC1CC(C=O)C1. The van der Waals surface area contributed by atoms with Crippen molar-refractivity contribution in [3.05, 3.63) is 47.8 Å². The number of carbonyl (C=O) groups excluding carboxylic acids is 2. The van der Waals surface area contributed by atoms with E-state index in [4.69, 9.17) is 5.26 Å². The fourth-order valence-corrected chi connectivity index (χ4v) is 3.79. The van der Waals surface area contributed by atoms with Gasteiger partial charge in [-0.05, 0) is 51.0 Å². The number of carbonyl (C=O) groups is 2. The van der Waals surface area contributed by atoms with Crippen LogP contribution in [0.25, 0.3) is 16.9 Å². The topological polar surface area (TPSA) is 132 Å². The maximum absolute atomic E-state index is 14.1. The molecule has 0 radical (unpaired) electrons. The number of aldehydes is 1. The van der Waals surface area contributed by atoms with Crippen LogP contribution in [-0.4, -0.2) is 56.3 Å². The Balaban J connectivity index is 1.64. The number of nitrogens with one attached hydrogen (secondary N) is 2. The molecular weight excluding hydrogens is 439 g/mol. The van der Waals surface area contributed by atoms with Gasteiger partial charge in [0.1, 0.15) is 18.5 Å². The van der Waals surface area contributed by atoms with E-state index in [0.29, 0.717) is 35.5 Å². The maximum atomic E-state index is 14.1. The monoisotopic (exact) mass is 464 g/mol. The Morgan fingerprint density at radius 1 is 1.38 bits per heavy atom. The summed E-state index contributed by atoms with van der Waals surface area (Å²) in [4.78, 5) is 28.3. The number of halogens is 1. The number of fused-ring (bicyclic) bond motifs is 1. The quantitative estimate of drug-likeness (QED) is 0.436. The molecule has 1 aliphatic carbocycles. The Kier molecular flexibility index (Phi) is 6.30. The van der Waals surface area contributed by atoms with Crippen LogP contribution < -0.4 is 10.6 Å². The van der Waals surface area contributed by atoms with E-state index in [0.717, 1.165) is 11.8 Å². The van der Waals surface area contributed by atoms with E-state index in [-0.39, 0.29) is 24.1 Å². The molecule has 10 heteroatoms. The average Bonchev–Trinajstić information content (AvgIpc) is 3.21. The minimum absolute atomic E-state index is 0.0109. The summed E-state index contributed by atoms with van der Waals surface area (Å²) in [5.74, 6) is -0.542. The van der Waals surface area contributed by atoms with Crippen molar-refractivity contribution in [3.8, 4) is 17.5 Å². The summed E-state index contributed by atoms with van der Waals surface area (Å²) < 4.78 is 15.8. The average molecular weight is 465 g/mol. The van der Waals surface area contributed by atoms with E-state index in [9.17, 15) is 19.1 Å². The van der Waals surface area contributed by atoms with Crippen molar-refractivity contribution in [1.82, 2.24) is 19.9 Å². The van der Waals surface area contributed by atoms with E-state index in [1.165, 1.54) is 26.2 Å². The number of hydrogen-bond acceptors (Lipinski definition) is 7. The second kappa shape index (κ2) is 9.19. The smallest absolute Gasteiger partial charge is 0.255 e. The number of nitrogens with zero attached hydrogens (tertiary/aromatic N) is 4. The van der Waals surface area contributed by atoms with Crippen molar-refractivity contribution >= 4 is 23.4 Å². The number of alkyl halides is 1. The van der Waals surface area contributed by atoms with E-state index in [2.05, 4.69) is 26.8 Å². The summed E-state index contributed by atoms with van der Waals surface area (Å²) in [6, 6.07) is 9.13. The van der Waals surface area contributed by atoms with Gasteiger partial charge in [0, 0.05) is 18.2 Å². The molecule has 3 aromatic rings. The summed E-state index contributed by atoms with van der Waals surface area (Å²) in [7, 11) is 0. The maximum Gasteiger partial charge on any atom is 0.255 e. The van der Waals surface area contributed by atoms with Crippen LogP contribution in [0.3, 0.4) is 0 Å². The van der Waals surface area contributed by atoms with Gasteiger partial charge in [0.05, 0.1) is 52.1 Å². The van der Waals surface area contributed by atoms with E-state index < -0.39 is 17.7 Å². The fourth-order valence-electron chi connectivity index (χ4n) is 3.79. The molecule has 4 rings (SSSR count). The summed E-state index contributed by atoms with van der Waals surface area (Å²) >= 11 is 0. The number of anilines is 1. The second-order valence-corrected chi connectivity index (χ2v) is 9.07. The standard InChI is InChI=1S/C24H25FN6O3/c1-24(2,34)22(25)12-28-23(33)18-11-27-20(8-19(18)30-16-5-14(6-16)13-32)21-4-3-17-7-15(9-26)10-29-31(17)21/h3-4,7-8,10-11,13-14,16,22,34H,5-6,12H2,1-2H3,(H,27,30)(H,28,33). The summed E-state index contributed by atoms with van der Waals surface area (Å²) in [5.41, 5.74) is 1.51. The Bertz CT molecular complexity index is 1270. The molecule has 0 aromatic carbocycles. The molecule has 3 aromatic heterocycles. The fraction of sp³-hybridized carbons (Fsp3) is 0.375. The van der Waals surface area contributed by atoms with E-state index in [1.807, 2.05) is 12.1 Å². The highest BCUT2D eigenvalue weighted by Crippen LogP contribution is 2.32. The summed E-state index contributed by atoms with van der Waals surface area (Å²) in [5, 5.41) is 29.0. The third-order valence-electron chi connectivity index (χ3n) is 5.98. The second-order valence-electron chi connectivity index (χ2n) is 9.07. The van der Waals surface area contributed by atoms with Gasteiger partial charge in [-0.1, -0.05) is 0 Å². The molecule has 1 fully saturated rings. The van der Waals surface area contributed by atoms with Crippen molar-refractivity contribution in [2.75, 3.05) is 11.9 Å². The number of nitriles is 1. The molecule has 1 atom stereocenters. The molecule has 0 aliphatic heterocycles. The predicted molar refractivity (Wildman–Crippen MR) is 123 cm³/mol. The molecule has 3 N–H and O–H groups in total. The van der Waals surface area contributed by atoms with Gasteiger partial charge in [-0.25, -0.2) is 8.91 Å². The van der Waals surface area contributed by atoms with Gasteiger partial charge in [0.2, 0.25) is 0 Å². The normalized spacial score (nSPS) is 18.6. The number of amides is 1. The van der Waals surface area contributed by atoms with Gasteiger partial charge < -0.3 is 20.5 Å². The molecule has 0 bridgehead atoms. The van der Waals surface area contributed by atoms with Crippen LogP contribution in [0.5, 0.6) is 0 Å². The van der Waals surface area contributed by atoms with Crippen molar-refractivity contribution in [2.24, 2.45) is 5.92 Å². The lowest BCUT2D eigenvalue weighted by Gasteiger charge is -2.33. The van der Waals surface area contributed by atoms with Crippen molar-refractivity contribution < 1.29 is 19.1 Å². The number of aromatic nitrogens is 3. The van der Waals surface area contributed by atoms with Gasteiger partial charge in [-0.3, -0.25) is 9.78 Å².